The van der Waals surface area contributed by atoms with E-state index in [1.54, 1.807) is 0 Å². The summed E-state index contributed by atoms with van der Waals surface area (Å²) in [5, 5.41) is 40.1. The summed E-state index contributed by atoms with van der Waals surface area (Å²) in [5.74, 6) is -0.927. The summed E-state index contributed by atoms with van der Waals surface area (Å²) in [5.41, 5.74) is -0.181. The Morgan fingerprint density at radius 2 is 1.74 bits per heavy atom. The molecule has 186 valence electrons. The molecule has 0 amide bonds. The van der Waals surface area contributed by atoms with Crippen molar-refractivity contribution >= 4 is 16.9 Å². The van der Waals surface area contributed by atoms with Crippen LogP contribution in [-0.4, -0.2) is 63.7 Å². The fourth-order valence-electron chi connectivity index (χ4n) is 3.62. The number of fused-ring (bicyclic) bond motifs is 1. The topological polar surface area (TPSA) is 165 Å². The van der Waals surface area contributed by atoms with Crippen LogP contribution >= 0.6 is 0 Å². The Bertz CT molecular complexity index is 1240. The number of carbonyl (C=O) groups excluding carboxylic acids is 1. The zero-order valence-corrected chi connectivity index (χ0v) is 18.6. The molecular weight excluding hydrogens is 464 g/mol. The summed E-state index contributed by atoms with van der Waals surface area (Å²) < 4.78 is 27.3. The van der Waals surface area contributed by atoms with Crippen molar-refractivity contribution in [3.8, 4) is 17.2 Å². The first-order chi connectivity index (χ1) is 16.8. The number of aliphatic hydroxyl groups excluding tert-OH is 4. The Morgan fingerprint density at radius 3 is 2.43 bits per heavy atom. The van der Waals surface area contributed by atoms with Crippen molar-refractivity contribution in [2.45, 2.75) is 44.2 Å². The molecule has 2 aromatic carbocycles. The Kier molecular flexibility index (Phi) is 7.34. The summed E-state index contributed by atoms with van der Waals surface area (Å²) in [4.78, 5) is 24.2. The van der Waals surface area contributed by atoms with E-state index in [9.17, 15) is 30.0 Å². The lowest BCUT2D eigenvalue weighted by molar-refractivity contribution is -0.278. The van der Waals surface area contributed by atoms with E-state index in [0.29, 0.717) is 0 Å². The molecular formula is C24H24O11. The van der Waals surface area contributed by atoms with Gasteiger partial charge >= 0.3 is 11.6 Å². The molecule has 2 heterocycles. The first-order valence-corrected chi connectivity index (χ1v) is 10.7. The van der Waals surface area contributed by atoms with E-state index >= 15 is 0 Å². The molecule has 0 radical (unpaired) electrons. The van der Waals surface area contributed by atoms with Crippen LogP contribution in [0, 0.1) is 0 Å². The number of aliphatic hydroxyl groups is 4. The van der Waals surface area contributed by atoms with Crippen LogP contribution < -0.4 is 19.8 Å². The third kappa shape index (κ3) is 5.29. The van der Waals surface area contributed by atoms with Crippen LogP contribution in [-0.2, 0) is 16.1 Å². The van der Waals surface area contributed by atoms with E-state index in [2.05, 4.69) is 0 Å². The summed E-state index contributed by atoms with van der Waals surface area (Å²) in [6.07, 6.45) is -7.94. The van der Waals surface area contributed by atoms with Crippen LogP contribution in [0.1, 0.15) is 12.5 Å². The lowest BCUT2D eigenvalue weighted by atomic mass is 9.99. The van der Waals surface area contributed by atoms with Gasteiger partial charge in [0.25, 0.3) is 5.75 Å². The number of esters is 1. The van der Waals surface area contributed by atoms with Gasteiger partial charge in [0.15, 0.2) is 5.75 Å². The van der Waals surface area contributed by atoms with Gasteiger partial charge in [-0.1, -0.05) is 30.3 Å². The maximum atomic E-state index is 12.9. The fraction of sp³-hybridized carbons (Fsp3) is 0.333. The largest absolute Gasteiger partial charge is 0.484 e. The molecule has 1 aromatic heterocycles. The molecule has 0 bridgehead atoms. The van der Waals surface area contributed by atoms with Gasteiger partial charge in [0, 0.05) is 13.0 Å². The van der Waals surface area contributed by atoms with Crippen molar-refractivity contribution in [1.29, 1.82) is 0 Å². The summed E-state index contributed by atoms with van der Waals surface area (Å²) >= 11 is 0. The van der Waals surface area contributed by atoms with Gasteiger partial charge in [-0.25, -0.2) is 4.79 Å². The first-order valence-electron chi connectivity index (χ1n) is 10.7. The molecule has 1 aliphatic rings. The number of carbonyl (C=O) groups is 1. The Labute approximate surface area is 198 Å². The van der Waals surface area contributed by atoms with Crippen LogP contribution in [0.2, 0.25) is 0 Å². The Balaban J connectivity index is 1.75. The average molecular weight is 488 g/mol. The van der Waals surface area contributed by atoms with Crippen molar-refractivity contribution < 1.29 is 48.6 Å². The molecule has 5 atom stereocenters. The van der Waals surface area contributed by atoms with Crippen LogP contribution in [0.3, 0.4) is 0 Å². The highest BCUT2D eigenvalue weighted by molar-refractivity contribution is 5.87. The second kappa shape index (κ2) is 10.4. The predicted molar refractivity (Wildman–Crippen MR) is 119 cm³/mol. The average Bonchev–Trinajstić information content (AvgIpc) is 2.84. The minimum Gasteiger partial charge on any atom is -0.484 e. The molecule has 0 spiro atoms. The summed E-state index contributed by atoms with van der Waals surface area (Å²) in [7, 11) is 0. The quantitative estimate of drug-likeness (QED) is 0.208. The second-order valence-electron chi connectivity index (χ2n) is 7.89. The molecule has 0 aliphatic carbocycles. The lowest BCUT2D eigenvalue weighted by Crippen LogP contribution is -2.60. The minimum atomic E-state index is -1.75. The van der Waals surface area contributed by atoms with E-state index in [1.165, 1.54) is 25.1 Å². The molecule has 3 aromatic rings. The lowest BCUT2D eigenvalue weighted by Gasteiger charge is -2.39. The van der Waals surface area contributed by atoms with Gasteiger partial charge in [0.05, 0.1) is 12.0 Å². The molecule has 11 heteroatoms. The fourth-order valence-corrected chi connectivity index (χ4v) is 3.62. The third-order valence-corrected chi connectivity index (χ3v) is 5.36. The molecule has 4 rings (SSSR count). The monoisotopic (exact) mass is 488 g/mol. The van der Waals surface area contributed by atoms with E-state index in [4.69, 9.17) is 23.4 Å². The van der Waals surface area contributed by atoms with E-state index in [0.717, 1.165) is 5.56 Å². The number of hydrogen-bond donors (Lipinski definition) is 4. The minimum absolute atomic E-state index is 0.0378. The van der Waals surface area contributed by atoms with Crippen LogP contribution in [0.5, 0.6) is 17.2 Å². The number of rotatable bonds is 7. The predicted octanol–water partition coefficient (Wildman–Crippen LogP) is 0.476. The van der Waals surface area contributed by atoms with Gasteiger partial charge in [0.2, 0.25) is 6.29 Å². The Hall–Kier alpha value is -3.48. The molecule has 1 saturated heterocycles. The molecule has 4 N–H and O–H groups in total. The van der Waals surface area contributed by atoms with Crippen molar-refractivity contribution in [1.82, 2.24) is 0 Å². The zero-order valence-electron chi connectivity index (χ0n) is 18.6. The molecule has 11 nitrogen and oxygen atoms in total. The summed E-state index contributed by atoms with van der Waals surface area (Å²) in [6, 6.07) is 13.4. The van der Waals surface area contributed by atoms with E-state index in [1.807, 2.05) is 30.3 Å². The van der Waals surface area contributed by atoms with E-state index < -0.39 is 54.7 Å². The Morgan fingerprint density at radius 1 is 1.00 bits per heavy atom. The van der Waals surface area contributed by atoms with Crippen molar-refractivity contribution in [3.63, 3.8) is 0 Å². The second-order valence-corrected chi connectivity index (χ2v) is 7.89. The normalized spacial score (nSPS) is 24.2. The number of hydrogen-bond acceptors (Lipinski definition) is 11. The van der Waals surface area contributed by atoms with Crippen molar-refractivity contribution in [2.24, 2.45) is 0 Å². The van der Waals surface area contributed by atoms with Crippen LogP contribution in [0.4, 0.5) is 0 Å². The molecule has 1 fully saturated rings. The standard InChI is InChI=1S/C24H24O11/c1-12(26)32-14-7-8-15-16(9-14)33-23(30)22(21(15)31-11-13-5-3-2-4-6-13)35-24-20(29)19(28)18(27)17(10-25)34-24/h2-9,17-20,24-25,27-29H,10-11H2,1H3/t17-,18-,19+,20+,24-/m1/s1. The molecule has 0 saturated carbocycles. The third-order valence-electron chi connectivity index (χ3n) is 5.36. The smallest absolute Gasteiger partial charge is 0.383 e. The van der Waals surface area contributed by atoms with Gasteiger partial charge in [0.1, 0.15) is 42.4 Å². The highest BCUT2D eigenvalue weighted by atomic mass is 16.7. The van der Waals surface area contributed by atoms with Crippen molar-refractivity contribution in [2.75, 3.05) is 6.61 Å². The van der Waals surface area contributed by atoms with E-state index in [-0.39, 0.29) is 29.1 Å². The van der Waals surface area contributed by atoms with Gasteiger partial charge in [-0.05, 0) is 17.7 Å². The molecule has 0 unspecified atom stereocenters. The number of ether oxygens (including phenoxy) is 4. The van der Waals surface area contributed by atoms with Gasteiger partial charge in [-0.2, -0.15) is 0 Å². The summed E-state index contributed by atoms with van der Waals surface area (Å²) in [6.45, 7) is 0.593. The zero-order chi connectivity index (χ0) is 25.1. The first kappa shape index (κ1) is 24.6. The maximum absolute atomic E-state index is 12.9. The molecule has 1 aliphatic heterocycles. The molecule has 35 heavy (non-hydrogen) atoms. The van der Waals surface area contributed by atoms with Crippen LogP contribution in [0.15, 0.2) is 57.7 Å². The highest BCUT2D eigenvalue weighted by Gasteiger charge is 2.45. The number of benzene rings is 2. The van der Waals surface area contributed by atoms with Crippen molar-refractivity contribution in [3.05, 3.63) is 64.5 Å². The SMILES string of the molecule is CC(=O)Oc1ccc2c(OCc3ccccc3)c(O[C@H]3O[C@H](CO)[C@@H](O)[C@H](O)[C@@H]3O)c(=O)oc2c1. The van der Waals surface area contributed by atoms with Gasteiger partial charge < -0.3 is 43.8 Å². The highest BCUT2D eigenvalue weighted by Crippen LogP contribution is 2.37. The maximum Gasteiger partial charge on any atom is 0.383 e. The van der Waals surface area contributed by atoms with Gasteiger partial charge in [-0.3, -0.25) is 4.79 Å². The van der Waals surface area contributed by atoms with Gasteiger partial charge in [-0.15, -0.1) is 0 Å². The van der Waals surface area contributed by atoms with Crippen LogP contribution in [0.25, 0.3) is 11.0 Å².